The van der Waals surface area contributed by atoms with Gasteiger partial charge in [0.2, 0.25) is 0 Å². The fourth-order valence-electron chi connectivity index (χ4n) is 3.35. The number of aromatic amines is 1. The summed E-state index contributed by atoms with van der Waals surface area (Å²) in [5, 5.41) is 7.03. The van der Waals surface area contributed by atoms with Crippen molar-refractivity contribution in [3.63, 3.8) is 0 Å². The minimum absolute atomic E-state index is 0.0873. The van der Waals surface area contributed by atoms with Crippen molar-refractivity contribution in [1.29, 1.82) is 0 Å². The summed E-state index contributed by atoms with van der Waals surface area (Å²) in [6.07, 6.45) is 1.31. The third kappa shape index (κ3) is 3.61. The fraction of sp³-hybridized carbons (Fsp3) is 0.238. The van der Waals surface area contributed by atoms with Crippen molar-refractivity contribution in [1.82, 2.24) is 15.1 Å². The maximum absolute atomic E-state index is 13.2. The second kappa shape index (κ2) is 7.32. The minimum Gasteiger partial charge on any atom is -0.370 e. The lowest BCUT2D eigenvalue weighted by molar-refractivity contribution is -0.0228. The predicted molar refractivity (Wildman–Crippen MR) is 99.8 cm³/mol. The average Bonchev–Trinajstić information content (AvgIpc) is 3.18. The Bertz CT molecular complexity index is 952. The van der Waals surface area contributed by atoms with Gasteiger partial charge in [-0.05, 0) is 30.7 Å². The Labute approximate surface area is 156 Å². The van der Waals surface area contributed by atoms with Gasteiger partial charge >= 0.3 is 0 Å². The number of benzene rings is 2. The highest BCUT2D eigenvalue weighted by molar-refractivity contribution is 5.99. The van der Waals surface area contributed by atoms with Crippen LogP contribution in [0.3, 0.4) is 0 Å². The lowest BCUT2D eigenvalue weighted by Crippen LogP contribution is -2.42. The van der Waals surface area contributed by atoms with E-state index in [-0.39, 0.29) is 17.8 Å². The average molecular weight is 365 g/mol. The van der Waals surface area contributed by atoms with E-state index in [4.69, 9.17) is 4.74 Å². The van der Waals surface area contributed by atoms with Crippen molar-refractivity contribution in [2.24, 2.45) is 0 Å². The first-order chi connectivity index (χ1) is 13.1. The van der Waals surface area contributed by atoms with Gasteiger partial charge in [-0.25, -0.2) is 4.39 Å². The van der Waals surface area contributed by atoms with Gasteiger partial charge in [0.1, 0.15) is 11.9 Å². The van der Waals surface area contributed by atoms with Gasteiger partial charge in [-0.3, -0.25) is 9.89 Å². The van der Waals surface area contributed by atoms with Crippen LogP contribution >= 0.6 is 0 Å². The zero-order valence-electron chi connectivity index (χ0n) is 15.0. The number of halogens is 1. The number of hydrogen-bond acceptors (Lipinski definition) is 3. The van der Waals surface area contributed by atoms with Crippen LogP contribution in [0.25, 0.3) is 11.3 Å². The molecule has 2 heterocycles. The van der Waals surface area contributed by atoms with E-state index in [0.717, 1.165) is 16.7 Å². The van der Waals surface area contributed by atoms with Crippen molar-refractivity contribution in [2.75, 3.05) is 19.7 Å². The molecule has 1 saturated heterocycles. The number of ether oxygens (including phenoxy) is 1. The molecule has 1 aliphatic heterocycles. The molecule has 0 aliphatic carbocycles. The summed E-state index contributed by atoms with van der Waals surface area (Å²) >= 11 is 0. The van der Waals surface area contributed by atoms with Crippen molar-refractivity contribution in [2.45, 2.75) is 13.0 Å². The Kier molecular flexibility index (Phi) is 4.73. The molecule has 4 rings (SSSR count). The van der Waals surface area contributed by atoms with Gasteiger partial charge in [0.15, 0.2) is 0 Å². The Morgan fingerprint density at radius 2 is 2.07 bits per heavy atom. The Hall–Kier alpha value is -2.99. The van der Waals surface area contributed by atoms with Crippen LogP contribution in [-0.2, 0) is 4.74 Å². The van der Waals surface area contributed by atoms with E-state index >= 15 is 0 Å². The molecule has 0 spiro atoms. The molecule has 0 bridgehead atoms. The van der Waals surface area contributed by atoms with E-state index in [1.165, 1.54) is 12.1 Å². The highest BCUT2D eigenvalue weighted by Gasteiger charge is 2.28. The third-order valence-corrected chi connectivity index (χ3v) is 4.77. The first-order valence-electron chi connectivity index (χ1n) is 8.88. The van der Waals surface area contributed by atoms with Gasteiger partial charge in [-0.15, -0.1) is 0 Å². The van der Waals surface area contributed by atoms with Gasteiger partial charge in [0.25, 0.3) is 5.91 Å². The molecular formula is C21H20FN3O2. The molecule has 0 saturated carbocycles. The number of rotatable bonds is 3. The summed E-state index contributed by atoms with van der Waals surface area (Å²) in [5.41, 5.74) is 4.16. The Morgan fingerprint density at radius 3 is 2.85 bits per heavy atom. The smallest absolute Gasteiger partial charge is 0.257 e. The monoisotopic (exact) mass is 365 g/mol. The summed E-state index contributed by atoms with van der Waals surface area (Å²) in [7, 11) is 0. The number of nitrogens with zero attached hydrogens (tertiary/aromatic N) is 2. The van der Waals surface area contributed by atoms with Crippen LogP contribution in [-0.4, -0.2) is 40.7 Å². The van der Waals surface area contributed by atoms with E-state index < -0.39 is 0 Å². The fourth-order valence-corrected chi connectivity index (χ4v) is 3.35. The van der Waals surface area contributed by atoms with Crippen LogP contribution in [0.1, 0.15) is 27.6 Å². The SMILES string of the molecule is Cc1cccc(-c2[nH]ncc2C(=O)N2CCO[C@@H](c3ccc(F)cc3)C2)c1. The lowest BCUT2D eigenvalue weighted by atomic mass is 10.0. The number of morpholine rings is 1. The number of nitrogens with one attached hydrogen (secondary N) is 1. The molecule has 0 radical (unpaired) electrons. The maximum atomic E-state index is 13.2. The topological polar surface area (TPSA) is 58.2 Å². The first kappa shape index (κ1) is 17.4. The standard InChI is InChI=1S/C21H20FN3O2/c1-14-3-2-4-16(11-14)20-18(12-23-24-20)21(26)25-9-10-27-19(13-25)15-5-7-17(22)8-6-15/h2-8,11-12,19H,9-10,13H2,1H3,(H,23,24)/t19-/m1/s1. The van der Waals surface area contributed by atoms with Crippen LogP contribution < -0.4 is 0 Å². The van der Waals surface area contributed by atoms with Gasteiger partial charge in [-0.2, -0.15) is 5.10 Å². The number of hydrogen-bond donors (Lipinski definition) is 1. The van der Waals surface area contributed by atoms with Crippen LogP contribution in [0, 0.1) is 12.7 Å². The number of H-pyrrole nitrogens is 1. The molecule has 3 aromatic rings. The maximum Gasteiger partial charge on any atom is 0.257 e. The highest BCUT2D eigenvalue weighted by Crippen LogP contribution is 2.27. The van der Waals surface area contributed by atoms with Crippen LogP contribution in [0.15, 0.2) is 54.7 Å². The van der Waals surface area contributed by atoms with Gasteiger partial charge in [0.05, 0.1) is 30.6 Å². The highest BCUT2D eigenvalue weighted by atomic mass is 19.1. The van der Waals surface area contributed by atoms with Crippen molar-refractivity contribution >= 4 is 5.91 Å². The largest absolute Gasteiger partial charge is 0.370 e. The van der Waals surface area contributed by atoms with E-state index in [1.807, 2.05) is 31.2 Å². The van der Waals surface area contributed by atoms with Crippen molar-refractivity contribution in [3.05, 3.63) is 77.2 Å². The summed E-state index contributed by atoms with van der Waals surface area (Å²) in [4.78, 5) is 14.9. The molecule has 5 nitrogen and oxygen atoms in total. The minimum atomic E-state index is -0.288. The number of aromatic nitrogens is 2. The summed E-state index contributed by atoms with van der Waals surface area (Å²) in [5.74, 6) is -0.376. The van der Waals surface area contributed by atoms with Gasteiger partial charge in [0, 0.05) is 12.1 Å². The van der Waals surface area contributed by atoms with Gasteiger partial charge < -0.3 is 9.64 Å². The molecule has 1 amide bonds. The number of aryl methyl sites for hydroxylation is 1. The second-order valence-corrected chi connectivity index (χ2v) is 6.69. The molecule has 1 aromatic heterocycles. The van der Waals surface area contributed by atoms with E-state index in [2.05, 4.69) is 10.2 Å². The molecule has 27 heavy (non-hydrogen) atoms. The predicted octanol–water partition coefficient (Wildman–Crippen LogP) is 3.74. The van der Waals surface area contributed by atoms with Crippen molar-refractivity contribution < 1.29 is 13.9 Å². The molecule has 1 N–H and O–H groups in total. The summed E-state index contributed by atoms with van der Waals surface area (Å²) in [6, 6.07) is 14.2. The summed E-state index contributed by atoms with van der Waals surface area (Å²) in [6.45, 7) is 3.37. The zero-order valence-corrected chi connectivity index (χ0v) is 15.0. The molecule has 1 aliphatic rings. The number of carbonyl (C=O) groups excluding carboxylic acids is 1. The quantitative estimate of drug-likeness (QED) is 0.769. The van der Waals surface area contributed by atoms with E-state index in [0.29, 0.717) is 31.0 Å². The normalized spacial score (nSPS) is 17.1. The summed E-state index contributed by atoms with van der Waals surface area (Å²) < 4.78 is 19.0. The molecular weight excluding hydrogens is 345 g/mol. The third-order valence-electron chi connectivity index (χ3n) is 4.77. The first-order valence-corrected chi connectivity index (χ1v) is 8.88. The second-order valence-electron chi connectivity index (χ2n) is 6.69. The number of amides is 1. The molecule has 138 valence electrons. The number of carbonyl (C=O) groups is 1. The molecule has 0 unspecified atom stereocenters. The zero-order chi connectivity index (χ0) is 18.8. The van der Waals surface area contributed by atoms with Crippen LogP contribution in [0.5, 0.6) is 0 Å². The lowest BCUT2D eigenvalue weighted by Gasteiger charge is -2.33. The Balaban J connectivity index is 1.56. The molecule has 1 fully saturated rings. The van der Waals surface area contributed by atoms with E-state index in [1.54, 1.807) is 23.2 Å². The van der Waals surface area contributed by atoms with Crippen LogP contribution in [0.4, 0.5) is 4.39 Å². The Morgan fingerprint density at radius 1 is 1.26 bits per heavy atom. The molecule has 2 aromatic carbocycles. The van der Waals surface area contributed by atoms with Gasteiger partial charge in [-0.1, -0.05) is 35.9 Å². The van der Waals surface area contributed by atoms with E-state index in [9.17, 15) is 9.18 Å². The molecule has 1 atom stereocenters. The molecule has 6 heteroatoms. The van der Waals surface area contributed by atoms with Crippen LogP contribution in [0.2, 0.25) is 0 Å². The van der Waals surface area contributed by atoms with Crippen molar-refractivity contribution in [3.8, 4) is 11.3 Å².